The van der Waals surface area contributed by atoms with Gasteiger partial charge in [0.05, 0.1) is 39.6 Å². The summed E-state index contributed by atoms with van der Waals surface area (Å²) in [4.78, 5) is 39.8. The zero-order valence-electron chi connectivity index (χ0n) is 21.2. The van der Waals surface area contributed by atoms with Gasteiger partial charge in [-0.3, -0.25) is 14.5 Å². The van der Waals surface area contributed by atoms with Gasteiger partial charge >= 0.3 is 5.97 Å². The van der Waals surface area contributed by atoms with Crippen LogP contribution in [0.25, 0.3) is 10.8 Å². The number of nitrogens with zero attached hydrogens (tertiary/aromatic N) is 2. The lowest BCUT2D eigenvalue weighted by atomic mass is 10.0. The molecule has 0 saturated carbocycles. The predicted molar refractivity (Wildman–Crippen MR) is 148 cm³/mol. The molecule has 0 spiro atoms. The van der Waals surface area contributed by atoms with Gasteiger partial charge in [0.2, 0.25) is 5.91 Å². The minimum Gasteiger partial charge on any atom is -0.477 e. The standard InChI is InChI=1S/C27H31N3O6S2/c1-30(2,20(13-31)14-32)11-5-8-19-15-38-26-23(25(34)29(26)24(19)27(35)36)28-22(33)16-37-21-10-9-17-6-3-4-7-18(17)12-21/h3-10,12,20,23,26,31-32H,11,13-16H2,1-2H3,(H-,28,33,35,36)/p+1/b8-5+/t23-,26-/m1/s1. The first-order valence-electron chi connectivity index (χ1n) is 12.2. The summed E-state index contributed by atoms with van der Waals surface area (Å²) in [6, 6.07) is 12.8. The maximum Gasteiger partial charge on any atom is 0.352 e. The third-order valence-corrected chi connectivity index (χ3v) is 9.21. The highest BCUT2D eigenvalue weighted by molar-refractivity contribution is 8.00. The normalized spacial score (nSPS) is 19.7. The minimum atomic E-state index is -1.20. The number of aliphatic hydroxyl groups is 2. The number of carbonyl (C=O) groups is 3. The van der Waals surface area contributed by atoms with E-state index >= 15 is 0 Å². The number of thioether (sulfide) groups is 2. The SMILES string of the molecule is C[N+](C)(C/C=C/C1=C(C(=O)O)N2C(=O)[C@@H](NC(=O)CSc3ccc4ccccc4c3)[C@H]2SC1)C(CO)CO. The molecule has 2 aromatic carbocycles. The number of β-lactam (4-membered cyclic amide) rings is 1. The van der Waals surface area contributed by atoms with Crippen molar-refractivity contribution in [3.05, 3.63) is 65.9 Å². The van der Waals surface area contributed by atoms with Crippen LogP contribution in [-0.2, 0) is 14.4 Å². The molecule has 4 rings (SSSR count). The number of nitrogens with one attached hydrogen (secondary N) is 1. The Hall–Kier alpha value is -2.83. The molecule has 11 heteroatoms. The number of hydrogen-bond donors (Lipinski definition) is 4. The summed E-state index contributed by atoms with van der Waals surface area (Å²) in [7, 11) is 3.73. The van der Waals surface area contributed by atoms with Crippen molar-refractivity contribution in [3.63, 3.8) is 0 Å². The third kappa shape index (κ3) is 5.92. The van der Waals surface area contributed by atoms with Crippen molar-refractivity contribution in [3.8, 4) is 0 Å². The molecule has 0 radical (unpaired) electrons. The number of quaternary nitrogens is 1. The number of carboxylic acids is 1. The Balaban J connectivity index is 1.37. The Bertz CT molecular complexity index is 1290. The lowest BCUT2D eigenvalue weighted by Gasteiger charge is -2.49. The Labute approximate surface area is 229 Å². The van der Waals surface area contributed by atoms with Gasteiger partial charge in [0.15, 0.2) is 0 Å². The molecule has 1 fully saturated rings. The van der Waals surface area contributed by atoms with Crippen molar-refractivity contribution in [1.82, 2.24) is 10.2 Å². The molecule has 0 bridgehead atoms. The number of likely N-dealkylation sites (N-methyl/N-ethyl adjacent to an activating group) is 1. The average Bonchev–Trinajstić information content (AvgIpc) is 2.90. The zero-order chi connectivity index (χ0) is 27.4. The van der Waals surface area contributed by atoms with Gasteiger partial charge in [0, 0.05) is 10.6 Å². The number of allylic oxidation sites excluding steroid dienone is 1. The van der Waals surface area contributed by atoms with Crippen molar-refractivity contribution in [2.75, 3.05) is 45.4 Å². The van der Waals surface area contributed by atoms with E-state index in [1.54, 1.807) is 12.2 Å². The predicted octanol–water partition coefficient (Wildman–Crippen LogP) is 1.66. The second-order valence-electron chi connectivity index (χ2n) is 9.81. The maximum absolute atomic E-state index is 12.9. The highest BCUT2D eigenvalue weighted by Crippen LogP contribution is 2.40. The Kier molecular flexibility index (Phi) is 8.84. The van der Waals surface area contributed by atoms with Crippen LogP contribution in [0.5, 0.6) is 0 Å². The van der Waals surface area contributed by atoms with Crippen LogP contribution in [0.2, 0.25) is 0 Å². The molecule has 2 aromatic rings. The van der Waals surface area contributed by atoms with Crippen LogP contribution in [-0.4, -0.2) is 105 Å². The number of carbonyl (C=O) groups excluding carboxylic acids is 2. The lowest BCUT2D eigenvalue weighted by molar-refractivity contribution is -0.910. The molecular formula is C27H32N3O6S2+. The van der Waals surface area contributed by atoms with E-state index in [1.165, 1.54) is 28.4 Å². The van der Waals surface area contributed by atoms with E-state index in [9.17, 15) is 29.7 Å². The Morgan fingerprint density at radius 1 is 1.18 bits per heavy atom. The molecule has 2 heterocycles. The van der Waals surface area contributed by atoms with Crippen molar-refractivity contribution in [2.45, 2.75) is 22.4 Å². The summed E-state index contributed by atoms with van der Waals surface area (Å²) < 4.78 is 0.322. The van der Waals surface area contributed by atoms with Crippen LogP contribution in [0.4, 0.5) is 0 Å². The summed E-state index contributed by atoms with van der Waals surface area (Å²) >= 11 is 2.79. The van der Waals surface area contributed by atoms with Gasteiger partial charge in [-0.1, -0.05) is 36.4 Å². The third-order valence-electron chi connectivity index (χ3n) is 6.91. The van der Waals surface area contributed by atoms with E-state index in [-0.39, 0.29) is 36.6 Å². The molecule has 0 unspecified atom stereocenters. The fourth-order valence-corrected chi connectivity index (χ4v) is 6.58. The Morgan fingerprint density at radius 3 is 2.58 bits per heavy atom. The minimum absolute atomic E-state index is 0.0720. The molecule has 202 valence electrons. The van der Waals surface area contributed by atoms with Crippen molar-refractivity contribution in [1.29, 1.82) is 0 Å². The summed E-state index contributed by atoms with van der Waals surface area (Å²) in [5.41, 5.74) is 0.436. The summed E-state index contributed by atoms with van der Waals surface area (Å²) in [5.74, 6) is -1.40. The van der Waals surface area contributed by atoms with Gasteiger partial charge < -0.3 is 25.1 Å². The fourth-order valence-electron chi connectivity index (χ4n) is 4.51. The van der Waals surface area contributed by atoms with Crippen LogP contribution in [0.1, 0.15) is 0 Å². The van der Waals surface area contributed by atoms with Crippen LogP contribution in [0.15, 0.2) is 70.8 Å². The van der Waals surface area contributed by atoms with Gasteiger partial charge in [0.1, 0.15) is 23.2 Å². The molecule has 2 atom stereocenters. The number of benzene rings is 2. The molecule has 2 amide bonds. The van der Waals surface area contributed by atoms with Gasteiger partial charge in [-0.2, -0.15) is 0 Å². The number of hydrogen-bond acceptors (Lipinski definition) is 7. The van der Waals surface area contributed by atoms with E-state index in [0.717, 1.165) is 15.7 Å². The van der Waals surface area contributed by atoms with Gasteiger partial charge in [0.25, 0.3) is 5.91 Å². The highest BCUT2D eigenvalue weighted by atomic mass is 32.2. The molecule has 1 saturated heterocycles. The van der Waals surface area contributed by atoms with Crippen molar-refractivity contribution < 1.29 is 34.2 Å². The first-order valence-corrected chi connectivity index (χ1v) is 14.2. The fraction of sp³-hybridized carbons (Fsp3) is 0.370. The smallest absolute Gasteiger partial charge is 0.352 e. The van der Waals surface area contributed by atoms with E-state index in [0.29, 0.717) is 22.4 Å². The van der Waals surface area contributed by atoms with Crippen LogP contribution in [0.3, 0.4) is 0 Å². The van der Waals surface area contributed by atoms with Gasteiger partial charge in [-0.25, -0.2) is 4.79 Å². The van der Waals surface area contributed by atoms with Gasteiger partial charge in [-0.05, 0) is 34.6 Å². The van der Waals surface area contributed by atoms with E-state index in [2.05, 4.69) is 5.32 Å². The van der Waals surface area contributed by atoms with Crippen LogP contribution in [0, 0.1) is 0 Å². The second-order valence-corrected chi connectivity index (χ2v) is 12.0. The largest absolute Gasteiger partial charge is 0.477 e. The number of carboxylic acid groups (broad SMARTS) is 1. The van der Waals surface area contributed by atoms with Gasteiger partial charge in [-0.15, -0.1) is 23.5 Å². The Morgan fingerprint density at radius 2 is 1.89 bits per heavy atom. The lowest BCUT2D eigenvalue weighted by Crippen LogP contribution is -2.70. The monoisotopic (exact) mass is 558 g/mol. The molecule has 2 aliphatic heterocycles. The molecule has 9 nitrogen and oxygen atoms in total. The van der Waals surface area contributed by atoms with E-state index in [1.807, 2.05) is 56.6 Å². The van der Waals surface area contributed by atoms with E-state index in [4.69, 9.17) is 0 Å². The molecule has 38 heavy (non-hydrogen) atoms. The topological polar surface area (TPSA) is 127 Å². The van der Waals surface area contributed by atoms with Crippen molar-refractivity contribution in [2.24, 2.45) is 0 Å². The number of aliphatic carboxylic acids is 1. The second kappa shape index (κ2) is 11.9. The summed E-state index contributed by atoms with van der Waals surface area (Å²) in [6.07, 6.45) is 3.49. The molecular weight excluding hydrogens is 526 g/mol. The molecule has 0 aromatic heterocycles. The van der Waals surface area contributed by atoms with Crippen molar-refractivity contribution >= 4 is 52.1 Å². The average molecular weight is 559 g/mol. The van der Waals surface area contributed by atoms with Crippen LogP contribution < -0.4 is 5.32 Å². The number of aliphatic hydroxyl groups excluding tert-OH is 2. The number of fused-ring (bicyclic) bond motifs is 2. The number of rotatable bonds is 11. The molecule has 2 aliphatic rings. The van der Waals surface area contributed by atoms with E-state index < -0.39 is 23.3 Å². The zero-order valence-corrected chi connectivity index (χ0v) is 22.9. The molecule has 4 N–H and O–H groups in total. The quantitative estimate of drug-likeness (QED) is 0.186. The summed E-state index contributed by atoms with van der Waals surface area (Å²) in [6.45, 7) is 0.111. The summed E-state index contributed by atoms with van der Waals surface area (Å²) in [5, 5.41) is 33.3. The first kappa shape index (κ1) is 28.2. The molecule has 0 aliphatic carbocycles. The maximum atomic E-state index is 12.9. The number of amides is 2. The highest BCUT2D eigenvalue weighted by Gasteiger charge is 2.53. The first-order chi connectivity index (χ1) is 18.2. The van der Waals surface area contributed by atoms with Crippen LogP contribution >= 0.6 is 23.5 Å².